The molecule has 0 bridgehead atoms. The Morgan fingerprint density at radius 3 is 3.07 bits per heavy atom. The summed E-state index contributed by atoms with van der Waals surface area (Å²) in [5, 5.41) is 6.23. The number of hydrogen-bond acceptors (Lipinski definition) is 2. The van der Waals surface area contributed by atoms with Crippen molar-refractivity contribution in [2.75, 3.05) is 5.32 Å². The maximum absolute atomic E-state index is 11.6. The third kappa shape index (κ3) is 1.92. The van der Waals surface area contributed by atoms with Gasteiger partial charge in [-0.25, -0.2) is 0 Å². The number of carbonyl (C=O) groups is 1. The SMILES string of the molecule is [N-]=[N+]=N[C@H]1CCc2ccccc2NC1=O. The van der Waals surface area contributed by atoms with Crippen molar-refractivity contribution in [3.8, 4) is 0 Å². The Kier molecular flexibility index (Phi) is 2.56. The molecule has 5 nitrogen and oxygen atoms in total. The highest BCUT2D eigenvalue weighted by atomic mass is 16.2. The zero-order valence-electron chi connectivity index (χ0n) is 8.05. The minimum absolute atomic E-state index is 0.224. The average Bonchev–Trinajstić information content (AvgIpc) is 2.40. The number of nitrogens with one attached hydrogen (secondary N) is 1. The van der Waals surface area contributed by atoms with E-state index in [-0.39, 0.29) is 5.91 Å². The van der Waals surface area contributed by atoms with Crippen LogP contribution in [-0.2, 0) is 11.2 Å². The molecule has 0 saturated carbocycles. The van der Waals surface area contributed by atoms with Crippen LogP contribution in [-0.4, -0.2) is 11.9 Å². The maximum Gasteiger partial charge on any atom is 0.233 e. The molecule has 1 aromatic rings. The molecule has 0 aliphatic carbocycles. The Hall–Kier alpha value is -2.00. The number of azide groups is 1. The highest BCUT2D eigenvalue weighted by molar-refractivity contribution is 5.96. The summed E-state index contributed by atoms with van der Waals surface area (Å²) in [5.74, 6) is -0.224. The lowest BCUT2D eigenvalue weighted by Gasteiger charge is -2.06. The molecular formula is C10H10N4O. The van der Waals surface area contributed by atoms with Gasteiger partial charge in [0.15, 0.2) is 0 Å². The van der Waals surface area contributed by atoms with Gasteiger partial charge in [-0.2, -0.15) is 0 Å². The van der Waals surface area contributed by atoms with Gasteiger partial charge in [0, 0.05) is 10.6 Å². The second kappa shape index (κ2) is 4.02. The standard InChI is InChI=1S/C10H10N4O/c11-14-13-9-6-5-7-3-1-2-4-8(7)12-10(9)15/h1-4,9H,5-6H2,(H,12,15)/t9-/m0/s1. The number of nitrogens with zero attached hydrogens (tertiary/aromatic N) is 3. The fourth-order valence-corrected chi connectivity index (χ4v) is 1.67. The number of para-hydroxylation sites is 1. The predicted octanol–water partition coefficient (Wildman–Crippen LogP) is 2.25. The Morgan fingerprint density at radius 2 is 2.27 bits per heavy atom. The lowest BCUT2D eigenvalue weighted by atomic mass is 10.1. The van der Waals surface area contributed by atoms with Crippen molar-refractivity contribution in [1.82, 2.24) is 0 Å². The molecule has 1 aromatic carbocycles. The van der Waals surface area contributed by atoms with Crippen LogP contribution in [0.3, 0.4) is 0 Å². The van der Waals surface area contributed by atoms with E-state index in [1.54, 1.807) is 0 Å². The molecule has 2 rings (SSSR count). The second-order valence-electron chi connectivity index (χ2n) is 3.41. The van der Waals surface area contributed by atoms with E-state index in [1.165, 1.54) is 0 Å². The van der Waals surface area contributed by atoms with Crippen molar-refractivity contribution in [1.29, 1.82) is 0 Å². The summed E-state index contributed by atoms with van der Waals surface area (Å²) in [5.41, 5.74) is 10.2. The fourth-order valence-electron chi connectivity index (χ4n) is 1.67. The van der Waals surface area contributed by atoms with Gasteiger partial charge in [0.25, 0.3) is 0 Å². The number of anilines is 1. The summed E-state index contributed by atoms with van der Waals surface area (Å²) in [4.78, 5) is 14.3. The molecule has 0 fully saturated rings. The zero-order chi connectivity index (χ0) is 10.7. The van der Waals surface area contributed by atoms with Crippen molar-refractivity contribution >= 4 is 11.6 Å². The summed E-state index contributed by atoms with van der Waals surface area (Å²) in [6.45, 7) is 0. The van der Waals surface area contributed by atoms with Crippen molar-refractivity contribution in [2.45, 2.75) is 18.9 Å². The van der Waals surface area contributed by atoms with Gasteiger partial charge in [0.05, 0.1) is 0 Å². The lowest BCUT2D eigenvalue weighted by molar-refractivity contribution is -0.117. The first-order chi connectivity index (χ1) is 7.31. The molecule has 15 heavy (non-hydrogen) atoms. The topological polar surface area (TPSA) is 77.9 Å². The largest absolute Gasteiger partial charge is 0.325 e. The Balaban J connectivity index is 2.30. The summed E-state index contributed by atoms with van der Waals surface area (Å²) in [7, 11) is 0. The molecule has 0 spiro atoms. The smallest absolute Gasteiger partial charge is 0.233 e. The number of benzene rings is 1. The normalized spacial score (nSPS) is 19.5. The van der Waals surface area contributed by atoms with Crippen LogP contribution in [0.25, 0.3) is 10.4 Å². The Morgan fingerprint density at radius 1 is 1.47 bits per heavy atom. The number of fused-ring (bicyclic) bond motifs is 1. The van der Waals surface area contributed by atoms with E-state index >= 15 is 0 Å². The van der Waals surface area contributed by atoms with E-state index in [0.717, 1.165) is 17.7 Å². The number of rotatable bonds is 1. The molecule has 5 heteroatoms. The van der Waals surface area contributed by atoms with Crippen molar-refractivity contribution in [3.63, 3.8) is 0 Å². The number of hydrogen-bond donors (Lipinski definition) is 1. The molecule has 0 aromatic heterocycles. The summed E-state index contributed by atoms with van der Waals surface area (Å²) < 4.78 is 0. The lowest BCUT2D eigenvalue weighted by Crippen LogP contribution is -2.24. The van der Waals surface area contributed by atoms with E-state index in [0.29, 0.717) is 6.42 Å². The average molecular weight is 202 g/mol. The van der Waals surface area contributed by atoms with E-state index in [4.69, 9.17) is 5.53 Å². The van der Waals surface area contributed by atoms with Crippen molar-refractivity contribution in [2.24, 2.45) is 5.11 Å². The van der Waals surface area contributed by atoms with Gasteiger partial charge in [-0.05, 0) is 30.0 Å². The minimum Gasteiger partial charge on any atom is -0.325 e. The highest BCUT2D eigenvalue weighted by Crippen LogP contribution is 2.22. The molecule has 76 valence electrons. The van der Waals surface area contributed by atoms with E-state index in [1.807, 2.05) is 24.3 Å². The maximum atomic E-state index is 11.6. The number of aryl methyl sites for hydroxylation is 1. The number of amides is 1. The summed E-state index contributed by atoms with van der Waals surface area (Å²) in [6, 6.07) is 7.02. The fraction of sp³-hybridized carbons (Fsp3) is 0.300. The van der Waals surface area contributed by atoms with Gasteiger partial charge in [-0.1, -0.05) is 23.3 Å². The monoisotopic (exact) mass is 202 g/mol. The third-order valence-electron chi connectivity index (χ3n) is 2.46. The number of carbonyl (C=O) groups excluding carboxylic acids is 1. The Bertz CT molecular complexity index is 437. The zero-order valence-corrected chi connectivity index (χ0v) is 8.05. The van der Waals surface area contributed by atoms with Gasteiger partial charge < -0.3 is 5.32 Å². The molecular weight excluding hydrogens is 192 g/mol. The molecule has 1 heterocycles. The van der Waals surface area contributed by atoms with Crippen molar-refractivity contribution < 1.29 is 4.79 Å². The predicted molar refractivity (Wildman–Crippen MR) is 56.3 cm³/mol. The van der Waals surface area contributed by atoms with Crippen LogP contribution in [0.1, 0.15) is 12.0 Å². The molecule has 1 atom stereocenters. The van der Waals surface area contributed by atoms with E-state index in [9.17, 15) is 4.79 Å². The van der Waals surface area contributed by atoms with Crippen LogP contribution >= 0.6 is 0 Å². The molecule has 0 radical (unpaired) electrons. The van der Waals surface area contributed by atoms with Crippen LogP contribution < -0.4 is 5.32 Å². The molecule has 1 N–H and O–H groups in total. The van der Waals surface area contributed by atoms with Crippen LogP contribution in [0.2, 0.25) is 0 Å². The second-order valence-corrected chi connectivity index (χ2v) is 3.41. The van der Waals surface area contributed by atoms with E-state index < -0.39 is 6.04 Å². The van der Waals surface area contributed by atoms with E-state index in [2.05, 4.69) is 15.3 Å². The summed E-state index contributed by atoms with van der Waals surface area (Å²) in [6.07, 6.45) is 1.31. The van der Waals surface area contributed by atoms with Crippen molar-refractivity contribution in [3.05, 3.63) is 40.3 Å². The molecule has 1 aliphatic heterocycles. The first-order valence-electron chi connectivity index (χ1n) is 4.74. The molecule has 0 unspecified atom stereocenters. The van der Waals surface area contributed by atoms with Crippen LogP contribution in [0.4, 0.5) is 5.69 Å². The van der Waals surface area contributed by atoms with Crippen LogP contribution in [0.15, 0.2) is 29.4 Å². The van der Waals surface area contributed by atoms with Crippen LogP contribution in [0.5, 0.6) is 0 Å². The van der Waals surface area contributed by atoms with Gasteiger partial charge in [-0.15, -0.1) is 0 Å². The third-order valence-corrected chi connectivity index (χ3v) is 2.46. The molecule has 0 saturated heterocycles. The van der Waals surface area contributed by atoms with Gasteiger partial charge in [0.2, 0.25) is 5.91 Å². The van der Waals surface area contributed by atoms with Gasteiger partial charge >= 0.3 is 0 Å². The first kappa shape index (κ1) is 9.55. The molecule has 1 aliphatic rings. The molecule has 1 amide bonds. The first-order valence-corrected chi connectivity index (χ1v) is 4.74. The highest BCUT2D eigenvalue weighted by Gasteiger charge is 2.21. The Labute approximate surface area is 86.7 Å². The van der Waals surface area contributed by atoms with Gasteiger partial charge in [-0.3, -0.25) is 4.79 Å². The van der Waals surface area contributed by atoms with Gasteiger partial charge in [0.1, 0.15) is 6.04 Å². The van der Waals surface area contributed by atoms with Crippen LogP contribution in [0, 0.1) is 0 Å². The quantitative estimate of drug-likeness (QED) is 0.423. The minimum atomic E-state index is -0.595. The summed E-state index contributed by atoms with van der Waals surface area (Å²) >= 11 is 0.